The number of amides is 1. The molecule has 23 heavy (non-hydrogen) atoms. The van der Waals surface area contributed by atoms with E-state index in [1.165, 1.54) is 25.2 Å². The molecule has 0 aliphatic heterocycles. The minimum Gasteiger partial charge on any atom is -0.348 e. The van der Waals surface area contributed by atoms with E-state index >= 15 is 0 Å². The van der Waals surface area contributed by atoms with E-state index in [0.717, 1.165) is 6.07 Å². The van der Waals surface area contributed by atoms with Gasteiger partial charge in [0.1, 0.15) is 5.82 Å². The standard InChI is InChI=1S/C16H17FN2O3S/c1-18-23(21,22)11-14-6-3-2-5-13(14)10-19-16(20)12-7-4-8-15(17)9-12/h2-9,18H,10-11H2,1H3,(H,19,20). The lowest BCUT2D eigenvalue weighted by atomic mass is 10.1. The third kappa shape index (κ3) is 4.87. The molecule has 0 radical (unpaired) electrons. The fraction of sp³-hybridized carbons (Fsp3) is 0.188. The van der Waals surface area contributed by atoms with Crippen molar-refractivity contribution < 1.29 is 17.6 Å². The summed E-state index contributed by atoms with van der Waals surface area (Å²) in [6.07, 6.45) is 0. The zero-order valence-corrected chi connectivity index (χ0v) is 13.4. The number of nitrogens with one attached hydrogen (secondary N) is 2. The van der Waals surface area contributed by atoms with Gasteiger partial charge in [0, 0.05) is 12.1 Å². The van der Waals surface area contributed by atoms with Gasteiger partial charge in [0.25, 0.3) is 5.91 Å². The van der Waals surface area contributed by atoms with Crippen molar-refractivity contribution in [3.8, 4) is 0 Å². The maximum Gasteiger partial charge on any atom is 0.251 e. The fourth-order valence-electron chi connectivity index (χ4n) is 2.05. The molecule has 0 aliphatic rings. The molecule has 7 heteroatoms. The second-order valence-corrected chi connectivity index (χ2v) is 6.85. The summed E-state index contributed by atoms with van der Waals surface area (Å²) in [6, 6.07) is 12.3. The van der Waals surface area contributed by atoms with Crippen LogP contribution in [0.3, 0.4) is 0 Å². The SMILES string of the molecule is CNS(=O)(=O)Cc1ccccc1CNC(=O)c1cccc(F)c1. The van der Waals surface area contributed by atoms with E-state index in [0.29, 0.717) is 11.1 Å². The van der Waals surface area contributed by atoms with Gasteiger partial charge >= 0.3 is 0 Å². The molecule has 0 unspecified atom stereocenters. The first-order chi connectivity index (χ1) is 10.9. The molecular formula is C16H17FN2O3S. The monoisotopic (exact) mass is 336 g/mol. The van der Waals surface area contributed by atoms with Crippen LogP contribution in [-0.2, 0) is 22.3 Å². The van der Waals surface area contributed by atoms with Gasteiger partial charge in [0.15, 0.2) is 0 Å². The van der Waals surface area contributed by atoms with E-state index in [9.17, 15) is 17.6 Å². The number of benzene rings is 2. The number of rotatable bonds is 6. The molecule has 2 rings (SSSR count). The van der Waals surface area contributed by atoms with Gasteiger partial charge in [-0.3, -0.25) is 4.79 Å². The molecule has 5 nitrogen and oxygen atoms in total. The lowest BCUT2D eigenvalue weighted by Gasteiger charge is -2.11. The molecule has 2 aromatic rings. The molecule has 0 aromatic heterocycles. The van der Waals surface area contributed by atoms with E-state index in [-0.39, 0.29) is 17.9 Å². The lowest BCUT2D eigenvalue weighted by molar-refractivity contribution is 0.0950. The lowest BCUT2D eigenvalue weighted by Crippen LogP contribution is -2.25. The van der Waals surface area contributed by atoms with Crippen molar-refractivity contribution in [1.29, 1.82) is 0 Å². The largest absolute Gasteiger partial charge is 0.348 e. The highest BCUT2D eigenvalue weighted by atomic mass is 32.2. The van der Waals surface area contributed by atoms with Crippen molar-refractivity contribution in [2.75, 3.05) is 7.05 Å². The molecular weight excluding hydrogens is 319 g/mol. The zero-order valence-electron chi connectivity index (χ0n) is 12.5. The second-order valence-electron chi connectivity index (χ2n) is 4.92. The van der Waals surface area contributed by atoms with Crippen LogP contribution in [0.5, 0.6) is 0 Å². The quantitative estimate of drug-likeness (QED) is 0.845. The molecule has 0 bridgehead atoms. The number of carbonyl (C=O) groups excluding carboxylic acids is 1. The number of sulfonamides is 1. The molecule has 0 spiro atoms. The Bertz CT molecular complexity index is 806. The van der Waals surface area contributed by atoms with Crippen LogP contribution in [0.15, 0.2) is 48.5 Å². The van der Waals surface area contributed by atoms with Gasteiger partial charge in [-0.2, -0.15) is 0 Å². The van der Waals surface area contributed by atoms with Gasteiger partial charge in [-0.05, 0) is 36.4 Å². The summed E-state index contributed by atoms with van der Waals surface area (Å²) in [6.45, 7) is 0.157. The molecule has 0 saturated heterocycles. The summed E-state index contributed by atoms with van der Waals surface area (Å²) in [5, 5.41) is 2.67. The Morgan fingerprint density at radius 1 is 1.09 bits per heavy atom. The van der Waals surface area contributed by atoms with Crippen molar-refractivity contribution >= 4 is 15.9 Å². The Kier molecular flexibility index (Phi) is 5.46. The molecule has 0 fully saturated rings. The fourth-order valence-corrected chi connectivity index (χ4v) is 2.89. The Morgan fingerprint density at radius 2 is 1.78 bits per heavy atom. The molecule has 122 valence electrons. The average Bonchev–Trinajstić information content (AvgIpc) is 2.53. The minimum atomic E-state index is -3.40. The first kappa shape index (κ1) is 17.1. The number of carbonyl (C=O) groups is 1. The van der Waals surface area contributed by atoms with Gasteiger partial charge in [-0.25, -0.2) is 17.5 Å². The summed E-state index contributed by atoms with van der Waals surface area (Å²) in [5.41, 5.74) is 1.50. The van der Waals surface area contributed by atoms with Crippen LogP contribution in [0.4, 0.5) is 4.39 Å². The molecule has 0 heterocycles. The van der Waals surface area contributed by atoms with E-state index < -0.39 is 21.7 Å². The normalized spacial score (nSPS) is 11.2. The number of hydrogen-bond acceptors (Lipinski definition) is 3. The maximum absolute atomic E-state index is 13.1. The topological polar surface area (TPSA) is 75.3 Å². The third-order valence-electron chi connectivity index (χ3n) is 3.30. The van der Waals surface area contributed by atoms with E-state index in [4.69, 9.17) is 0 Å². The molecule has 1 amide bonds. The summed E-state index contributed by atoms with van der Waals surface area (Å²) < 4.78 is 38.7. The molecule has 0 aliphatic carbocycles. The Balaban J connectivity index is 2.10. The molecule has 2 N–H and O–H groups in total. The molecule has 2 aromatic carbocycles. The first-order valence-corrected chi connectivity index (χ1v) is 8.58. The third-order valence-corrected chi connectivity index (χ3v) is 4.61. The summed E-state index contributed by atoms with van der Waals surface area (Å²) in [5.74, 6) is -1.08. The van der Waals surface area contributed by atoms with Crippen LogP contribution in [0, 0.1) is 5.82 Å². The predicted octanol–water partition coefficient (Wildman–Crippen LogP) is 1.80. The van der Waals surface area contributed by atoms with Gasteiger partial charge in [0.2, 0.25) is 10.0 Å². The van der Waals surface area contributed by atoms with Crippen molar-refractivity contribution in [1.82, 2.24) is 10.0 Å². The molecule has 0 saturated carbocycles. The zero-order chi connectivity index (χ0) is 16.9. The number of hydrogen-bond donors (Lipinski definition) is 2. The van der Waals surface area contributed by atoms with E-state index in [1.807, 2.05) is 0 Å². The van der Waals surface area contributed by atoms with Crippen molar-refractivity contribution in [2.24, 2.45) is 0 Å². The van der Waals surface area contributed by atoms with Crippen LogP contribution in [0.2, 0.25) is 0 Å². The van der Waals surface area contributed by atoms with Gasteiger partial charge in [-0.15, -0.1) is 0 Å². The van der Waals surface area contributed by atoms with Crippen molar-refractivity contribution in [3.63, 3.8) is 0 Å². The van der Waals surface area contributed by atoms with Crippen LogP contribution >= 0.6 is 0 Å². The second kappa shape index (κ2) is 7.34. The maximum atomic E-state index is 13.1. The van der Waals surface area contributed by atoms with Crippen molar-refractivity contribution in [3.05, 3.63) is 71.0 Å². The summed E-state index contributed by atoms with van der Waals surface area (Å²) >= 11 is 0. The van der Waals surface area contributed by atoms with E-state index in [2.05, 4.69) is 10.0 Å². The van der Waals surface area contributed by atoms with Gasteiger partial charge in [-0.1, -0.05) is 30.3 Å². The highest BCUT2D eigenvalue weighted by molar-refractivity contribution is 7.88. The van der Waals surface area contributed by atoms with Crippen LogP contribution < -0.4 is 10.0 Å². The van der Waals surface area contributed by atoms with Crippen LogP contribution in [0.1, 0.15) is 21.5 Å². The van der Waals surface area contributed by atoms with Gasteiger partial charge in [0.05, 0.1) is 5.75 Å². The van der Waals surface area contributed by atoms with Gasteiger partial charge < -0.3 is 5.32 Å². The smallest absolute Gasteiger partial charge is 0.251 e. The Labute approximate surface area is 134 Å². The highest BCUT2D eigenvalue weighted by Crippen LogP contribution is 2.12. The average molecular weight is 336 g/mol. The van der Waals surface area contributed by atoms with Crippen molar-refractivity contribution in [2.45, 2.75) is 12.3 Å². The molecule has 0 atom stereocenters. The minimum absolute atomic E-state index is 0.157. The summed E-state index contributed by atoms with van der Waals surface area (Å²) in [7, 11) is -2.05. The highest BCUT2D eigenvalue weighted by Gasteiger charge is 2.13. The van der Waals surface area contributed by atoms with E-state index in [1.54, 1.807) is 24.3 Å². The number of halogens is 1. The van der Waals surface area contributed by atoms with Crippen LogP contribution in [-0.4, -0.2) is 21.4 Å². The van der Waals surface area contributed by atoms with Crippen LogP contribution in [0.25, 0.3) is 0 Å². The summed E-state index contributed by atoms with van der Waals surface area (Å²) in [4.78, 5) is 12.0. The predicted molar refractivity (Wildman–Crippen MR) is 85.7 cm³/mol. The Hall–Kier alpha value is -2.25. The first-order valence-electron chi connectivity index (χ1n) is 6.93. The Morgan fingerprint density at radius 3 is 2.43 bits per heavy atom.